The summed E-state index contributed by atoms with van der Waals surface area (Å²) in [7, 11) is 0. The molecule has 0 radical (unpaired) electrons. The molecule has 0 saturated carbocycles. The van der Waals surface area contributed by atoms with Gasteiger partial charge in [0.05, 0.1) is 6.54 Å². The number of carbonyl (C=O) groups is 5. The number of benzene rings is 1. The van der Waals surface area contributed by atoms with Crippen molar-refractivity contribution in [2.24, 2.45) is 0 Å². The molecule has 2 atom stereocenters. The normalized spacial score (nSPS) is 12.5. The number of nitrogens with one attached hydrogen (secondary N) is 4. The number of carbonyl (C=O) groups excluding carboxylic acids is 5. The Morgan fingerprint density at radius 2 is 1.45 bits per heavy atom. The van der Waals surface area contributed by atoms with Gasteiger partial charge in [0.15, 0.2) is 0 Å². The van der Waals surface area contributed by atoms with Crippen LogP contribution in [0.5, 0.6) is 0 Å². The fraction of sp³-hybridized carbons (Fsp3) is 0.500. The van der Waals surface area contributed by atoms with Crippen LogP contribution in [0.25, 0.3) is 0 Å². The van der Waals surface area contributed by atoms with Gasteiger partial charge in [0.1, 0.15) is 30.8 Å². The molecule has 1 rings (SSSR count). The molecule has 33 heavy (non-hydrogen) atoms. The highest BCUT2D eigenvalue weighted by molar-refractivity contribution is 5.92. The van der Waals surface area contributed by atoms with Crippen molar-refractivity contribution >= 4 is 29.8 Å². The first kappa shape index (κ1) is 27.4. The van der Waals surface area contributed by atoms with Crippen LogP contribution in [0.15, 0.2) is 30.3 Å². The molecular weight excluding hydrogens is 432 g/mol. The number of esters is 1. The third-order valence-corrected chi connectivity index (χ3v) is 3.97. The van der Waals surface area contributed by atoms with Crippen LogP contribution in [0, 0.1) is 0 Å². The summed E-state index contributed by atoms with van der Waals surface area (Å²) in [6.45, 7) is 7.30. The first-order chi connectivity index (χ1) is 15.4. The van der Waals surface area contributed by atoms with Gasteiger partial charge in [-0.25, -0.2) is 4.79 Å². The number of ether oxygens (including phenoxy) is 2. The van der Waals surface area contributed by atoms with Crippen molar-refractivity contribution in [1.82, 2.24) is 21.3 Å². The van der Waals surface area contributed by atoms with Crippen molar-refractivity contribution in [3.63, 3.8) is 0 Å². The Labute approximate surface area is 193 Å². The van der Waals surface area contributed by atoms with E-state index in [1.165, 1.54) is 13.8 Å². The number of hydrogen-bond donors (Lipinski definition) is 4. The van der Waals surface area contributed by atoms with Crippen LogP contribution in [0.1, 0.15) is 40.2 Å². The summed E-state index contributed by atoms with van der Waals surface area (Å²) in [6.07, 6.45) is -0.778. The van der Waals surface area contributed by atoms with Crippen molar-refractivity contribution in [3.8, 4) is 0 Å². The predicted molar refractivity (Wildman–Crippen MR) is 119 cm³/mol. The quantitative estimate of drug-likeness (QED) is 0.365. The minimum Gasteiger partial charge on any atom is -0.459 e. The van der Waals surface area contributed by atoms with E-state index >= 15 is 0 Å². The Kier molecular flexibility index (Phi) is 10.8. The maximum Gasteiger partial charge on any atom is 0.408 e. The van der Waals surface area contributed by atoms with Gasteiger partial charge >= 0.3 is 12.1 Å². The second kappa shape index (κ2) is 13.0. The van der Waals surface area contributed by atoms with Gasteiger partial charge in [-0.15, -0.1) is 0 Å². The molecule has 4 N–H and O–H groups in total. The monoisotopic (exact) mass is 464 g/mol. The van der Waals surface area contributed by atoms with E-state index in [0.717, 1.165) is 5.56 Å². The topological polar surface area (TPSA) is 152 Å². The number of amides is 4. The van der Waals surface area contributed by atoms with Gasteiger partial charge in [0, 0.05) is 0 Å². The zero-order valence-corrected chi connectivity index (χ0v) is 19.5. The maximum atomic E-state index is 12.2. The van der Waals surface area contributed by atoms with Crippen LogP contribution in [0.3, 0.4) is 0 Å². The van der Waals surface area contributed by atoms with Gasteiger partial charge in [-0.05, 0) is 40.2 Å². The van der Waals surface area contributed by atoms with Crippen LogP contribution in [0.2, 0.25) is 0 Å². The second-order valence-corrected chi connectivity index (χ2v) is 8.24. The highest BCUT2D eigenvalue weighted by Gasteiger charge is 2.22. The molecule has 0 unspecified atom stereocenters. The van der Waals surface area contributed by atoms with E-state index in [4.69, 9.17) is 9.47 Å². The number of alkyl carbamates (subject to hydrolysis) is 1. The summed E-state index contributed by atoms with van der Waals surface area (Å²) in [5.41, 5.74) is 0.124. The third kappa shape index (κ3) is 12.1. The van der Waals surface area contributed by atoms with Crippen molar-refractivity contribution in [1.29, 1.82) is 0 Å². The summed E-state index contributed by atoms with van der Waals surface area (Å²) in [5.74, 6) is -2.42. The Bertz CT molecular complexity index is 837. The summed E-state index contributed by atoms with van der Waals surface area (Å²) in [4.78, 5) is 59.5. The SMILES string of the molecule is C[C@H](NC(=O)OCc1ccccc1)C(=O)N[C@H](C)C(=O)NCC(=O)NCC(=O)OC(C)(C)C. The first-order valence-corrected chi connectivity index (χ1v) is 10.4. The van der Waals surface area contributed by atoms with Gasteiger partial charge < -0.3 is 30.7 Å². The fourth-order valence-corrected chi connectivity index (χ4v) is 2.34. The molecule has 182 valence electrons. The van der Waals surface area contributed by atoms with E-state index in [-0.39, 0.29) is 19.7 Å². The molecule has 1 aromatic carbocycles. The first-order valence-electron chi connectivity index (χ1n) is 10.4. The smallest absolute Gasteiger partial charge is 0.408 e. The minimum absolute atomic E-state index is 0.0514. The molecule has 0 aliphatic heterocycles. The molecule has 0 aliphatic carbocycles. The Morgan fingerprint density at radius 1 is 0.848 bits per heavy atom. The largest absolute Gasteiger partial charge is 0.459 e. The van der Waals surface area contributed by atoms with Gasteiger partial charge in [-0.3, -0.25) is 19.2 Å². The van der Waals surface area contributed by atoms with E-state index in [0.29, 0.717) is 0 Å². The van der Waals surface area contributed by atoms with Crippen molar-refractivity contribution < 1.29 is 33.4 Å². The van der Waals surface area contributed by atoms with Gasteiger partial charge in [-0.2, -0.15) is 0 Å². The van der Waals surface area contributed by atoms with Crippen LogP contribution in [-0.2, 0) is 35.3 Å². The zero-order chi connectivity index (χ0) is 25.0. The lowest BCUT2D eigenvalue weighted by atomic mass is 10.2. The standard InChI is InChI=1S/C22H32N4O7/c1-14(19(29)24-11-17(27)23-12-18(28)33-22(3,4)5)25-20(30)15(2)26-21(31)32-13-16-9-7-6-8-10-16/h6-10,14-15H,11-13H2,1-5H3,(H,23,27)(H,24,29)(H,25,30)(H,26,31)/t14-,15+/m1/s1. The number of rotatable bonds is 10. The molecule has 0 saturated heterocycles. The molecule has 0 heterocycles. The van der Waals surface area contributed by atoms with E-state index in [1.54, 1.807) is 32.9 Å². The summed E-state index contributed by atoms with van der Waals surface area (Å²) in [6, 6.07) is 7.11. The summed E-state index contributed by atoms with van der Waals surface area (Å²) in [5, 5.41) is 9.48. The van der Waals surface area contributed by atoms with Gasteiger partial charge in [0.25, 0.3) is 0 Å². The van der Waals surface area contributed by atoms with Gasteiger partial charge in [-0.1, -0.05) is 30.3 Å². The molecule has 0 bridgehead atoms. The molecule has 11 heteroatoms. The lowest BCUT2D eigenvalue weighted by Gasteiger charge is -2.19. The lowest BCUT2D eigenvalue weighted by molar-refractivity contribution is -0.154. The average Bonchev–Trinajstić information content (AvgIpc) is 2.73. The highest BCUT2D eigenvalue weighted by atomic mass is 16.6. The zero-order valence-electron chi connectivity index (χ0n) is 19.5. The highest BCUT2D eigenvalue weighted by Crippen LogP contribution is 2.06. The Morgan fingerprint density at radius 3 is 2.06 bits per heavy atom. The molecule has 1 aromatic rings. The molecule has 0 aliphatic rings. The maximum absolute atomic E-state index is 12.2. The van der Waals surface area contributed by atoms with Crippen molar-refractivity contribution in [3.05, 3.63) is 35.9 Å². The molecule has 0 aromatic heterocycles. The lowest BCUT2D eigenvalue weighted by Crippen LogP contribution is -2.52. The molecule has 4 amide bonds. The minimum atomic E-state index is -0.972. The molecule has 0 spiro atoms. The van der Waals surface area contributed by atoms with Crippen molar-refractivity contribution in [2.75, 3.05) is 13.1 Å². The number of hydrogen-bond acceptors (Lipinski definition) is 7. The fourth-order valence-electron chi connectivity index (χ4n) is 2.34. The Hall–Kier alpha value is -3.63. The molecule has 0 fully saturated rings. The van der Waals surface area contributed by atoms with Crippen LogP contribution < -0.4 is 21.3 Å². The Balaban J connectivity index is 2.31. The van der Waals surface area contributed by atoms with E-state index in [2.05, 4.69) is 21.3 Å². The van der Waals surface area contributed by atoms with Gasteiger partial charge in [0.2, 0.25) is 17.7 Å². The third-order valence-electron chi connectivity index (χ3n) is 3.97. The predicted octanol–water partition coefficient (Wildman–Crippen LogP) is 0.380. The van der Waals surface area contributed by atoms with Crippen LogP contribution >= 0.6 is 0 Å². The van der Waals surface area contributed by atoms with Crippen molar-refractivity contribution in [2.45, 2.75) is 58.9 Å². The van der Waals surface area contributed by atoms with Crippen LogP contribution in [-0.4, -0.2) is 60.6 Å². The van der Waals surface area contributed by atoms with Crippen LogP contribution in [0.4, 0.5) is 4.79 Å². The summed E-state index contributed by atoms with van der Waals surface area (Å²) >= 11 is 0. The second-order valence-electron chi connectivity index (χ2n) is 8.24. The van der Waals surface area contributed by atoms with E-state index in [9.17, 15) is 24.0 Å². The average molecular weight is 465 g/mol. The molecular formula is C22H32N4O7. The summed E-state index contributed by atoms with van der Waals surface area (Å²) < 4.78 is 10.1. The van der Waals surface area contributed by atoms with E-state index < -0.39 is 47.5 Å². The molecule has 11 nitrogen and oxygen atoms in total. The van der Waals surface area contributed by atoms with E-state index in [1.807, 2.05) is 18.2 Å².